The lowest BCUT2D eigenvalue weighted by Crippen LogP contribution is -2.92. The highest BCUT2D eigenvalue weighted by Gasteiger charge is 2.31. The minimum absolute atomic E-state index is 0.106. The Morgan fingerprint density at radius 3 is 2.43 bits per heavy atom. The summed E-state index contributed by atoms with van der Waals surface area (Å²) >= 11 is 0. The summed E-state index contributed by atoms with van der Waals surface area (Å²) in [6.45, 7) is 1.70. The van der Waals surface area contributed by atoms with Crippen molar-refractivity contribution in [3.05, 3.63) is 89.9 Å². The van der Waals surface area contributed by atoms with Crippen LogP contribution in [0.15, 0.2) is 77.4 Å². The van der Waals surface area contributed by atoms with Crippen molar-refractivity contribution in [3.8, 4) is 0 Å². The summed E-state index contributed by atoms with van der Waals surface area (Å²) in [6.07, 6.45) is -2.90. The molecule has 0 aliphatic carbocycles. The maximum atomic E-state index is 12.9. The second-order valence-corrected chi connectivity index (χ2v) is 6.45. The van der Waals surface area contributed by atoms with Crippen molar-refractivity contribution in [2.75, 3.05) is 5.32 Å². The maximum absolute atomic E-state index is 12.9. The van der Waals surface area contributed by atoms with E-state index in [1.165, 1.54) is 12.1 Å². The van der Waals surface area contributed by atoms with Gasteiger partial charge in [-0.15, -0.1) is 0 Å². The average molecular weight is 389 g/mol. The molecule has 3 rings (SSSR count). The molecule has 1 heterocycles. The van der Waals surface area contributed by atoms with E-state index in [4.69, 9.17) is 4.42 Å². The van der Waals surface area contributed by atoms with Gasteiger partial charge in [0, 0.05) is 11.3 Å². The number of anilines is 1. The van der Waals surface area contributed by atoms with Gasteiger partial charge in [-0.1, -0.05) is 36.4 Å². The molecule has 0 fully saturated rings. The SMILES string of the molecule is C[C@@H]([NH2+][C@H](c1ccccc1)c1ccco1)C(=O)Nc1cccc(C(F)(F)F)c1. The Morgan fingerprint density at radius 1 is 1.04 bits per heavy atom. The van der Waals surface area contributed by atoms with Crippen LogP contribution in [-0.2, 0) is 11.0 Å². The molecule has 4 nitrogen and oxygen atoms in total. The van der Waals surface area contributed by atoms with Gasteiger partial charge in [-0.2, -0.15) is 13.2 Å². The molecular weight excluding hydrogens is 369 g/mol. The Balaban J connectivity index is 1.74. The molecule has 28 heavy (non-hydrogen) atoms. The van der Waals surface area contributed by atoms with Gasteiger partial charge in [0.1, 0.15) is 0 Å². The number of rotatable bonds is 6. The zero-order valence-electron chi connectivity index (χ0n) is 15.1. The molecule has 0 saturated heterocycles. The number of nitrogens with one attached hydrogen (secondary N) is 1. The molecule has 3 N–H and O–H groups in total. The molecule has 2 aromatic carbocycles. The van der Waals surface area contributed by atoms with E-state index in [-0.39, 0.29) is 11.7 Å². The van der Waals surface area contributed by atoms with Gasteiger partial charge in [-0.3, -0.25) is 4.79 Å². The Morgan fingerprint density at radius 2 is 1.79 bits per heavy atom. The van der Waals surface area contributed by atoms with Crippen LogP contribution in [0.5, 0.6) is 0 Å². The number of nitrogens with two attached hydrogens (primary N) is 1. The molecule has 7 heteroatoms. The molecule has 0 bridgehead atoms. The zero-order valence-corrected chi connectivity index (χ0v) is 15.1. The Labute approximate surface area is 160 Å². The van der Waals surface area contributed by atoms with Gasteiger partial charge in [-0.05, 0) is 37.3 Å². The van der Waals surface area contributed by atoms with Gasteiger partial charge in [0.15, 0.2) is 17.8 Å². The van der Waals surface area contributed by atoms with Crippen LogP contribution in [0, 0.1) is 0 Å². The summed E-state index contributed by atoms with van der Waals surface area (Å²) in [6, 6.07) is 16.9. The van der Waals surface area contributed by atoms with E-state index in [0.29, 0.717) is 5.76 Å². The lowest BCUT2D eigenvalue weighted by atomic mass is 10.0. The second kappa shape index (κ2) is 8.31. The molecule has 3 aromatic rings. The van der Waals surface area contributed by atoms with E-state index in [0.717, 1.165) is 17.7 Å². The summed E-state index contributed by atoms with van der Waals surface area (Å²) < 4.78 is 44.1. The zero-order chi connectivity index (χ0) is 20.1. The normalized spacial score (nSPS) is 13.7. The van der Waals surface area contributed by atoms with Crippen LogP contribution in [0.25, 0.3) is 0 Å². The number of alkyl halides is 3. The maximum Gasteiger partial charge on any atom is 0.416 e. The van der Waals surface area contributed by atoms with Crippen LogP contribution >= 0.6 is 0 Å². The van der Waals surface area contributed by atoms with E-state index in [1.807, 2.05) is 41.7 Å². The number of amides is 1. The Bertz CT molecular complexity index is 909. The molecule has 0 unspecified atom stereocenters. The third-order valence-electron chi connectivity index (χ3n) is 4.36. The lowest BCUT2D eigenvalue weighted by Gasteiger charge is -2.19. The molecular formula is C21H20F3N2O2+. The van der Waals surface area contributed by atoms with E-state index in [9.17, 15) is 18.0 Å². The summed E-state index contributed by atoms with van der Waals surface area (Å²) in [5.74, 6) is 0.289. The van der Waals surface area contributed by atoms with Crippen LogP contribution in [0.4, 0.5) is 18.9 Å². The van der Waals surface area contributed by atoms with Crippen LogP contribution in [-0.4, -0.2) is 11.9 Å². The highest BCUT2D eigenvalue weighted by molar-refractivity contribution is 5.93. The third kappa shape index (κ3) is 4.80. The van der Waals surface area contributed by atoms with Crippen LogP contribution in [0.1, 0.15) is 29.9 Å². The van der Waals surface area contributed by atoms with Crippen molar-refractivity contribution < 1.29 is 27.7 Å². The highest BCUT2D eigenvalue weighted by atomic mass is 19.4. The van der Waals surface area contributed by atoms with Crippen molar-refractivity contribution in [1.82, 2.24) is 0 Å². The fourth-order valence-electron chi connectivity index (χ4n) is 2.90. The van der Waals surface area contributed by atoms with Crippen molar-refractivity contribution >= 4 is 11.6 Å². The standard InChI is InChI=1S/C21H19F3N2O2/c1-14(20(27)26-17-10-5-9-16(13-17)21(22,23)24)25-19(18-11-6-12-28-18)15-7-3-2-4-8-15/h2-14,19,25H,1H3,(H,26,27)/p+1/t14-,19-/m1/s1. The largest absolute Gasteiger partial charge is 0.463 e. The van der Waals surface area contributed by atoms with Crippen molar-refractivity contribution in [3.63, 3.8) is 0 Å². The summed E-state index contributed by atoms with van der Waals surface area (Å²) in [4.78, 5) is 12.6. The van der Waals surface area contributed by atoms with Crippen molar-refractivity contribution in [1.29, 1.82) is 0 Å². The lowest BCUT2D eigenvalue weighted by molar-refractivity contribution is -0.706. The van der Waals surface area contributed by atoms with Crippen molar-refractivity contribution in [2.45, 2.75) is 25.2 Å². The third-order valence-corrected chi connectivity index (χ3v) is 4.36. The smallest absolute Gasteiger partial charge is 0.416 e. The first-order chi connectivity index (χ1) is 13.3. The number of quaternary nitrogens is 1. The molecule has 0 radical (unpaired) electrons. The van der Waals surface area contributed by atoms with E-state index < -0.39 is 23.7 Å². The summed E-state index contributed by atoms with van der Waals surface area (Å²) in [5.41, 5.74) is 0.255. The fraction of sp³-hybridized carbons (Fsp3) is 0.190. The summed E-state index contributed by atoms with van der Waals surface area (Å²) in [7, 11) is 0. The average Bonchev–Trinajstić information content (AvgIpc) is 3.20. The number of furan rings is 1. The number of hydrogen-bond donors (Lipinski definition) is 2. The van der Waals surface area contributed by atoms with Gasteiger partial charge in [-0.25, -0.2) is 0 Å². The molecule has 146 valence electrons. The number of benzene rings is 2. The van der Waals surface area contributed by atoms with Gasteiger partial charge in [0.2, 0.25) is 0 Å². The van der Waals surface area contributed by atoms with Crippen molar-refractivity contribution in [2.24, 2.45) is 0 Å². The van der Waals surface area contributed by atoms with Crippen LogP contribution in [0.2, 0.25) is 0 Å². The number of carbonyl (C=O) groups excluding carboxylic acids is 1. The molecule has 0 spiro atoms. The van der Waals surface area contributed by atoms with Gasteiger partial charge in [0.25, 0.3) is 5.91 Å². The predicted molar refractivity (Wildman–Crippen MR) is 98.5 cm³/mol. The van der Waals surface area contributed by atoms with Crippen LogP contribution in [0.3, 0.4) is 0 Å². The van der Waals surface area contributed by atoms with Gasteiger partial charge in [0.05, 0.1) is 11.8 Å². The first-order valence-corrected chi connectivity index (χ1v) is 8.76. The topological polar surface area (TPSA) is 58.9 Å². The molecule has 2 atom stereocenters. The fourth-order valence-corrected chi connectivity index (χ4v) is 2.90. The minimum Gasteiger partial charge on any atom is -0.463 e. The highest BCUT2D eigenvalue weighted by Crippen LogP contribution is 2.30. The van der Waals surface area contributed by atoms with E-state index in [1.54, 1.807) is 19.3 Å². The monoisotopic (exact) mass is 389 g/mol. The van der Waals surface area contributed by atoms with Crippen LogP contribution < -0.4 is 10.6 Å². The molecule has 1 amide bonds. The first kappa shape index (κ1) is 19.7. The first-order valence-electron chi connectivity index (χ1n) is 8.76. The van der Waals surface area contributed by atoms with Gasteiger partial charge < -0.3 is 15.1 Å². The quantitative estimate of drug-likeness (QED) is 0.670. The summed E-state index contributed by atoms with van der Waals surface area (Å²) in [5, 5.41) is 4.37. The minimum atomic E-state index is -4.46. The molecule has 0 aliphatic rings. The van der Waals surface area contributed by atoms with Gasteiger partial charge >= 0.3 is 6.18 Å². The van der Waals surface area contributed by atoms with E-state index >= 15 is 0 Å². The Kier molecular flexibility index (Phi) is 5.84. The number of halogens is 3. The molecule has 0 saturated carbocycles. The number of carbonyl (C=O) groups is 1. The molecule has 0 aliphatic heterocycles. The van der Waals surface area contributed by atoms with E-state index in [2.05, 4.69) is 5.32 Å². The Hall–Kier alpha value is -3.06. The molecule has 1 aromatic heterocycles. The predicted octanol–water partition coefficient (Wildman–Crippen LogP) is 3.98. The second-order valence-electron chi connectivity index (χ2n) is 6.45. The number of hydrogen-bond acceptors (Lipinski definition) is 2.